The predicted molar refractivity (Wildman–Crippen MR) is 65.1 cm³/mol. The molecule has 3 rings (SSSR count). The molecule has 1 aromatic rings. The molecule has 1 heterocycles. The first kappa shape index (κ1) is 10.9. The van der Waals surface area contributed by atoms with Crippen LogP contribution in [0.1, 0.15) is 56.6 Å². The number of rotatable bonds is 3. The van der Waals surface area contributed by atoms with E-state index in [4.69, 9.17) is 0 Å². The average molecular weight is 233 g/mol. The standard InChI is InChI=1S/C14H19NO2/c16-13(17)14(8-1-2-9-14)15-10-4-7-12(15)11-5-3-6-11/h4,7,10-11H,1-3,5-6,8-9H2,(H,16,17). The Balaban J connectivity index is 2.01. The molecule has 2 fully saturated rings. The molecule has 0 unspecified atom stereocenters. The minimum atomic E-state index is -0.647. The molecule has 92 valence electrons. The Bertz CT molecular complexity index is 425. The summed E-state index contributed by atoms with van der Waals surface area (Å²) in [5.74, 6) is -0.0476. The smallest absolute Gasteiger partial charge is 0.329 e. The molecular weight excluding hydrogens is 214 g/mol. The molecule has 0 atom stereocenters. The molecule has 2 saturated carbocycles. The summed E-state index contributed by atoms with van der Waals surface area (Å²) in [6.45, 7) is 0. The van der Waals surface area contributed by atoms with Gasteiger partial charge in [0.05, 0.1) is 0 Å². The van der Waals surface area contributed by atoms with Crippen molar-refractivity contribution in [3.63, 3.8) is 0 Å². The highest BCUT2D eigenvalue weighted by Crippen LogP contribution is 2.43. The molecule has 0 amide bonds. The second kappa shape index (κ2) is 3.90. The van der Waals surface area contributed by atoms with Crippen molar-refractivity contribution < 1.29 is 9.90 Å². The normalized spacial score (nSPS) is 23.5. The van der Waals surface area contributed by atoms with E-state index >= 15 is 0 Å². The van der Waals surface area contributed by atoms with Gasteiger partial charge in [-0.1, -0.05) is 19.3 Å². The quantitative estimate of drug-likeness (QED) is 0.871. The number of hydrogen-bond acceptors (Lipinski definition) is 1. The van der Waals surface area contributed by atoms with E-state index in [9.17, 15) is 9.90 Å². The van der Waals surface area contributed by atoms with Crippen LogP contribution < -0.4 is 0 Å². The summed E-state index contributed by atoms with van der Waals surface area (Å²) in [4.78, 5) is 11.7. The van der Waals surface area contributed by atoms with Crippen LogP contribution in [-0.2, 0) is 10.3 Å². The van der Waals surface area contributed by atoms with Gasteiger partial charge in [0.2, 0.25) is 0 Å². The third-order valence-electron chi connectivity index (χ3n) is 4.59. The lowest BCUT2D eigenvalue weighted by atomic mass is 9.82. The summed E-state index contributed by atoms with van der Waals surface area (Å²) >= 11 is 0. The van der Waals surface area contributed by atoms with E-state index in [2.05, 4.69) is 10.6 Å². The molecule has 3 heteroatoms. The van der Waals surface area contributed by atoms with Gasteiger partial charge in [-0.3, -0.25) is 0 Å². The molecule has 0 aromatic carbocycles. The second-order valence-electron chi connectivity index (χ2n) is 5.47. The fourth-order valence-electron chi connectivity index (χ4n) is 3.34. The van der Waals surface area contributed by atoms with Crippen LogP contribution in [0.5, 0.6) is 0 Å². The van der Waals surface area contributed by atoms with Crippen molar-refractivity contribution in [1.82, 2.24) is 4.57 Å². The summed E-state index contributed by atoms with van der Waals surface area (Å²) in [7, 11) is 0. The summed E-state index contributed by atoms with van der Waals surface area (Å²) in [5, 5.41) is 9.61. The van der Waals surface area contributed by atoms with E-state index in [-0.39, 0.29) is 0 Å². The lowest BCUT2D eigenvalue weighted by Gasteiger charge is -2.34. The number of carboxylic acids is 1. The fraction of sp³-hybridized carbons (Fsp3) is 0.643. The van der Waals surface area contributed by atoms with E-state index in [1.165, 1.54) is 25.0 Å². The highest BCUT2D eigenvalue weighted by Gasteiger charge is 2.44. The fourth-order valence-corrected chi connectivity index (χ4v) is 3.34. The molecule has 0 spiro atoms. The number of carboxylic acid groups (broad SMARTS) is 1. The molecule has 0 aliphatic heterocycles. The number of aliphatic carboxylic acids is 1. The first-order valence-electron chi connectivity index (χ1n) is 6.65. The zero-order chi connectivity index (χ0) is 11.9. The van der Waals surface area contributed by atoms with E-state index in [1.807, 2.05) is 12.3 Å². The molecule has 2 aliphatic rings. The van der Waals surface area contributed by atoms with Crippen molar-refractivity contribution in [2.45, 2.75) is 56.4 Å². The van der Waals surface area contributed by atoms with Crippen LogP contribution in [0.25, 0.3) is 0 Å². The van der Waals surface area contributed by atoms with E-state index in [0.717, 1.165) is 25.7 Å². The predicted octanol–water partition coefficient (Wildman–Crippen LogP) is 3.11. The topological polar surface area (TPSA) is 42.2 Å². The van der Waals surface area contributed by atoms with Crippen molar-refractivity contribution in [2.24, 2.45) is 0 Å². The Hall–Kier alpha value is -1.25. The van der Waals surface area contributed by atoms with Crippen LogP contribution in [0, 0.1) is 0 Å². The van der Waals surface area contributed by atoms with Gasteiger partial charge in [-0.2, -0.15) is 0 Å². The molecule has 0 bridgehead atoms. The maximum Gasteiger partial charge on any atom is 0.329 e. The average Bonchev–Trinajstić information content (AvgIpc) is 2.81. The summed E-state index contributed by atoms with van der Waals surface area (Å²) in [6.07, 6.45) is 9.36. The third kappa shape index (κ3) is 1.52. The number of aromatic nitrogens is 1. The Morgan fingerprint density at radius 2 is 2.00 bits per heavy atom. The highest BCUT2D eigenvalue weighted by atomic mass is 16.4. The van der Waals surface area contributed by atoms with Gasteiger partial charge in [-0.15, -0.1) is 0 Å². The molecule has 2 aliphatic carbocycles. The number of carbonyl (C=O) groups is 1. The SMILES string of the molecule is O=C(O)C1(n2cccc2C2CCC2)CCCC1. The van der Waals surface area contributed by atoms with Crippen LogP contribution >= 0.6 is 0 Å². The van der Waals surface area contributed by atoms with Crippen LogP contribution in [0.15, 0.2) is 18.3 Å². The van der Waals surface area contributed by atoms with Crippen LogP contribution in [0.4, 0.5) is 0 Å². The zero-order valence-corrected chi connectivity index (χ0v) is 10.1. The molecule has 1 aromatic heterocycles. The van der Waals surface area contributed by atoms with Crippen LogP contribution in [0.2, 0.25) is 0 Å². The van der Waals surface area contributed by atoms with E-state index < -0.39 is 11.5 Å². The first-order valence-corrected chi connectivity index (χ1v) is 6.65. The summed E-state index contributed by atoms with van der Waals surface area (Å²) < 4.78 is 2.08. The molecule has 1 N–H and O–H groups in total. The Morgan fingerprint density at radius 1 is 1.29 bits per heavy atom. The van der Waals surface area contributed by atoms with Gasteiger partial charge < -0.3 is 9.67 Å². The van der Waals surface area contributed by atoms with E-state index in [1.54, 1.807) is 0 Å². The Kier molecular flexibility index (Phi) is 2.49. The van der Waals surface area contributed by atoms with Crippen LogP contribution in [0.3, 0.4) is 0 Å². The minimum absolute atomic E-state index is 0.599. The van der Waals surface area contributed by atoms with Crippen molar-refractivity contribution in [3.8, 4) is 0 Å². The maximum atomic E-state index is 11.7. The molecule has 3 nitrogen and oxygen atoms in total. The van der Waals surface area contributed by atoms with E-state index in [0.29, 0.717) is 5.92 Å². The van der Waals surface area contributed by atoms with Gasteiger partial charge >= 0.3 is 5.97 Å². The molecular formula is C14H19NO2. The van der Waals surface area contributed by atoms with Crippen molar-refractivity contribution in [2.75, 3.05) is 0 Å². The Labute approximate surface area is 101 Å². The minimum Gasteiger partial charge on any atom is -0.479 e. The van der Waals surface area contributed by atoms with Gasteiger partial charge in [0.15, 0.2) is 0 Å². The monoisotopic (exact) mass is 233 g/mol. The van der Waals surface area contributed by atoms with Gasteiger partial charge in [-0.25, -0.2) is 4.79 Å². The maximum absolute atomic E-state index is 11.7. The first-order chi connectivity index (χ1) is 8.24. The Morgan fingerprint density at radius 3 is 2.53 bits per heavy atom. The van der Waals surface area contributed by atoms with Crippen molar-refractivity contribution in [3.05, 3.63) is 24.0 Å². The third-order valence-corrected chi connectivity index (χ3v) is 4.59. The lowest BCUT2D eigenvalue weighted by Crippen LogP contribution is -2.40. The van der Waals surface area contributed by atoms with Gasteiger partial charge in [0.1, 0.15) is 5.54 Å². The number of hydrogen-bond donors (Lipinski definition) is 1. The zero-order valence-electron chi connectivity index (χ0n) is 10.1. The van der Waals surface area contributed by atoms with Gasteiger partial charge in [0.25, 0.3) is 0 Å². The largest absolute Gasteiger partial charge is 0.479 e. The lowest BCUT2D eigenvalue weighted by molar-refractivity contribution is -0.147. The summed E-state index contributed by atoms with van der Waals surface area (Å²) in [5.41, 5.74) is 0.606. The van der Waals surface area contributed by atoms with Crippen LogP contribution in [-0.4, -0.2) is 15.6 Å². The second-order valence-corrected chi connectivity index (χ2v) is 5.47. The molecule has 0 saturated heterocycles. The van der Waals surface area contributed by atoms with Gasteiger partial charge in [0, 0.05) is 11.9 Å². The number of nitrogens with zero attached hydrogens (tertiary/aromatic N) is 1. The van der Waals surface area contributed by atoms with Gasteiger partial charge in [-0.05, 0) is 43.7 Å². The highest BCUT2D eigenvalue weighted by molar-refractivity contribution is 5.77. The molecule has 0 radical (unpaired) electrons. The van der Waals surface area contributed by atoms with Crippen molar-refractivity contribution >= 4 is 5.97 Å². The summed E-state index contributed by atoms with van der Waals surface area (Å²) in [6, 6.07) is 4.13. The van der Waals surface area contributed by atoms with Crippen molar-refractivity contribution in [1.29, 1.82) is 0 Å². The molecule has 17 heavy (non-hydrogen) atoms.